The Balaban J connectivity index is 2.72. The zero-order valence-electron chi connectivity index (χ0n) is 11.7. The minimum absolute atomic E-state index is 0.272. The molecule has 0 saturated carbocycles. The van der Waals surface area contributed by atoms with Crippen LogP contribution in [0.25, 0.3) is 0 Å². The van der Waals surface area contributed by atoms with E-state index < -0.39 is 46.4 Å². The number of aliphatic carboxylic acids is 1. The first-order chi connectivity index (χ1) is 10.0. The highest BCUT2D eigenvalue weighted by atomic mass is 32.2. The fourth-order valence-corrected chi connectivity index (χ4v) is 2.69. The van der Waals surface area contributed by atoms with Crippen molar-refractivity contribution in [3.63, 3.8) is 0 Å². The Labute approximate surface area is 125 Å². The standard InChI is InChI=1S/C10H15N3O8S/c1-6-7(8(15)13(6)22(18,19)20)11-5-10(2,9(16)17)21-12-3-4-14/h3-4,6-7,11H,5H2,1-2H3,(H,16,17)(H,18,19,20). The molecular formula is C10H15N3O8S. The first-order valence-corrected chi connectivity index (χ1v) is 7.37. The third-order valence-electron chi connectivity index (χ3n) is 3.07. The Bertz CT molecular complexity index is 603. The van der Waals surface area contributed by atoms with Gasteiger partial charge in [-0.1, -0.05) is 5.16 Å². The molecule has 1 rings (SSSR count). The highest BCUT2D eigenvalue weighted by Crippen LogP contribution is 2.23. The molecule has 3 unspecified atom stereocenters. The van der Waals surface area contributed by atoms with Crippen molar-refractivity contribution in [1.82, 2.24) is 9.62 Å². The summed E-state index contributed by atoms with van der Waals surface area (Å²) in [6.07, 6.45) is 0.996. The molecule has 1 amide bonds. The SMILES string of the molecule is CC1C(NCC(C)(ON=CC=O)C(=O)O)C(=O)N1S(=O)(=O)O. The average molecular weight is 337 g/mol. The number of β-lactam (4-membered cyclic amide) rings is 1. The lowest BCUT2D eigenvalue weighted by Gasteiger charge is -2.43. The van der Waals surface area contributed by atoms with Crippen molar-refractivity contribution in [1.29, 1.82) is 0 Å². The lowest BCUT2D eigenvalue weighted by molar-refractivity contribution is -0.164. The number of nitrogens with zero attached hydrogens (tertiary/aromatic N) is 2. The van der Waals surface area contributed by atoms with Gasteiger partial charge in [0.05, 0.1) is 6.04 Å². The molecule has 0 spiro atoms. The van der Waals surface area contributed by atoms with Crippen LogP contribution in [0.5, 0.6) is 0 Å². The number of carbonyl (C=O) groups excluding carboxylic acids is 2. The minimum Gasteiger partial charge on any atom is -0.478 e. The quantitative estimate of drug-likeness (QED) is 0.150. The number of aldehydes is 1. The molecule has 12 heteroatoms. The monoisotopic (exact) mass is 337 g/mol. The Morgan fingerprint density at radius 1 is 1.59 bits per heavy atom. The molecule has 0 aliphatic carbocycles. The topological polar surface area (TPSA) is 163 Å². The van der Waals surface area contributed by atoms with Crippen LogP contribution < -0.4 is 5.32 Å². The summed E-state index contributed by atoms with van der Waals surface area (Å²) in [7, 11) is -4.65. The van der Waals surface area contributed by atoms with Gasteiger partial charge in [-0.3, -0.25) is 19.5 Å². The van der Waals surface area contributed by atoms with E-state index in [1.807, 2.05) is 0 Å². The van der Waals surface area contributed by atoms with E-state index in [2.05, 4.69) is 10.5 Å². The van der Waals surface area contributed by atoms with Crippen LogP contribution in [0.1, 0.15) is 13.8 Å². The van der Waals surface area contributed by atoms with Gasteiger partial charge >= 0.3 is 16.3 Å². The second-order valence-corrected chi connectivity index (χ2v) is 6.02. The molecule has 11 nitrogen and oxygen atoms in total. The summed E-state index contributed by atoms with van der Waals surface area (Å²) < 4.78 is 31.0. The fourth-order valence-electron chi connectivity index (χ4n) is 1.80. The van der Waals surface area contributed by atoms with Crippen molar-refractivity contribution in [2.24, 2.45) is 5.16 Å². The molecule has 22 heavy (non-hydrogen) atoms. The summed E-state index contributed by atoms with van der Waals surface area (Å²) in [5.41, 5.74) is -1.88. The van der Waals surface area contributed by atoms with Gasteiger partial charge in [-0.15, -0.1) is 0 Å². The van der Waals surface area contributed by atoms with Crippen LogP contribution in [0.15, 0.2) is 5.16 Å². The predicted octanol–water partition coefficient (Wildman–Crippen LogP) is -1.98. The summed E-state index contributed by atoms with van der Waals surface area (Å²) in [5, 5.41) is 14.8. The maximum atomic E-state index is 11.6. The van der Waals surface area contributed by atoms with E-state index >= 15 is 0 Å². The van der Waals surface area contributed by atoms with Crippen molar-refractivity contribution < 1.29 is 37.3 Å². The molecule has 1 heterocycles. The largest absolute Gasteiger partial charge is 0.478 e. The predicted molar refractivity (Wildman–Crippen MR) is 71.3 cm³/mol. The van der Waals surface area contributed by atoms with Gasteiger partial charge in [-0.25, -0.2) is 9.10 Å². The maximum Gasteiger partial charge on any atom is 0.362 e. The molecule has 0 aromatic carbocycles. The van der Waals surface area contributed by atoms with Gasteiger partial charge in [0.2, 0.25) is 5.60 Å². The summed E-state index contributed by atoms with van der Waals surface area (Å²) in [6.45, 7) is 2.12. The summed E-state index contributed by atoms with van der Waals surface area (Å²) >= 11 is 0. The van der Waals surface area contributed by atoms with E-state index in [9.17, 15) is 22.8 Å². The summed E-state index contributed by atoms with van der Waals surface area (Å²) in [6, 6.07) is -1.89. The van der Waals surface area contributed by atoms with Gasteiger partial charge in [0.25, 0.3) is 5.91 Å². The zero-order valence-corrected chi connectivity index (χ0v) is 12.5. The molecule has 3 N–H and O–H groups in total. The molecule has 124 valence electrons. The Morgan fingerprint density at radius 3 is 2.59 bits per heavy atom. The molecule has 0 aromatic rings. The van der Waals surface area contributed by atoms with Crippen LogP contribution in [0.3, 0.4) is 0 Å². The van der Waals surface area contributed by atoms with Gasteiger partial charge in [0.15, 0.2) is 6.29 Å². The van der Waals surface area contributed by atoms with Crippen LogP contribution in [-0.2, 0) is 29.5 Å². The van der Waals surface area contributed by atoms with E-state index in [-0.39, 0.29) is 10.6 Å². The van der Waals surface area contributed by atoms with Crippen LogP contribution in [0.2, 0.25) is 0 Å². The smallest absolute Gasteiger partial charge is 0.362 e. The van der Waals surface area contributed by atoms with Gasteiger partial charge in [0, 0.05) is 6.54 Å². The average Bonchev–Trinajstić information content (AvgIpc) is 2.37. The van der Waals surface area contributed by atoms with Crippen molar-refractivity contribution in [3.05, 3.63) is 0 Å². The van der Waals surface area contributed by atoms with Gasteiger partial charge in [0.1, 0.15) is 12.3 Å². The molecule has 1 saturated heterocycles. The lowest BCUT2D eigenvalue weighted by atomic mass is 9.99. The fraction of sp³-hybridized carbons (Fsp3) is 0.600. The highest BCUT2D eigenvalue weighted by molar-refractivity contribution is 7.84. The van der Waals surface area contributed by atoms with E-state index in [1.54, 1.807) is 0 Å². The molecule has 0 aromatic heterocycles. The number of amides is 1. The molecule has 0 radical (unpaired) electrons. The van der Waals surface area contributed by atoms with Crippen molar-refractivity contribution in [3.8, 4) is 0 Å². The number of rotatable bonds is 8. The summed E-state index contributed by atoms with van der Waals surface area (Å²) in [4.78, 5) is 37.6. The second kappa shape index (κ2) is 6.37. The van der Waals surface area contributed by atoms with E-state index in [0.717, 1.165) is 6.92 Å². The van der Waals surface area contributed by atoms with Gasteiger partial charge in [-0.05, 0) is 13.8 Å². The first kappa shape index (κ1) is 18.0. The van der Waals surface area contributed by atoms with Crippen LogP contribution >= 0.6 is 0 Å². The third kappa shape index (κ3) is 3.58. The van der Waals surface area contributed by atoms with Crippen molar-refractivity contribution in [2.75, 3.05) is 6.54 Å². The number of hydrogen-bond acceptors (Lipinski definition) is 8. The summed E-state index contributed by atoms with van der Waals surface area (Å²) in [5.74, 6) is -2.33. The Morgan fingerprint density at radius 2 is 2.18 bits per heavy atom. The molecular weight excluding hydrogens is 322 g/mol. The van der Waals surface area contributed by atoms with Crippen LogP contribution in [-0.4, -0.2) is 71.0 Å². The van der Waals surface area contributed by atoms with E-state index in [0.29, 0.717) is 6.21 Å². The van der Waals surface area contributed by atoms with Crippen LogP contribution in [0, 0.1) is 0 Å². The number of nitrogens with one attached hydrogen (secondary N) is 1. The number of hydrogen-bond donors (Lipinski definition) is 3. The number of carboxylic acids is 1. The minimum atomic E-state index is -4.65. The highest BCUT2D eigenvalue weighted by Gasteiger charge is 2.51. The second-order valence-electron chi connectivity index (χ2n) is 4.73. The zero-order chi connectivity index (χ0) is 17.1. The third-order valence-corrected chi connectivity index (χ3v) is 4.08. The molecule has 3 atom stereocenters. The molecule has 1 aliphatic rings. The van der Waals surface area contributed by atoms with Gasteiger partial charge < -0.3 is 9.94 Å². The Hall–Kier alpha value is -2.05. The Kier molecular flexibility index (Phi) is 5.22. The lowest BCUT2D eigenvalue weighted by Crippen LogP contribution is -2.71. The number of oxime groups is 1. The van der Waals surface area contributed by atoms with Crippen molar-refractivity contribution >= 4 is 34.7 Å². The van der Waals surface area contributed by atoms with Gasteiger partial charge in [-0.2, -0.15) is 8.42 Å². The van der Waals surface area contributed by atoms with Crippen molar-refractivity contribution in [2.45, 2.75) is 31.5 Å². The number of carbonyl (C=O) groups is 3. The first-order valence-electron chi connectivity index (χ1n) is 5.97. The van der Waals surface area contributed by atoms with Crippen LogP contribution in [0.4, 0.5) is 0 Å². The normalized spacial score (nSPS) is 24.7. The van der Waals surface area contributed by atoms with E-state index in [1.165, 1.54) is 6.92 Å². The molecule has 1 fully saturated rings. The molecule has 1 aliphatic heterocycles. The van der Waals surface area contributed by atoms with E-state index in [4.69, 9.17) is 14.5 Å². The maximum absolute atomic E-state index is 11.6. The molecule has 0 bridgehead atoms. The number of carboxylic acid groups (broad SMARTS) is 1.